The van der Waals surface area contributed by atoms with Crippen LogP contribution in [-0.4, -0.2) is 23.3 Å². The smallest absolute Gasteiger partial charge is 0.333 e. The van der Waals surface area contributed by atoms with Gasteiger partial charge in [0.15, 0.2) is 0 Å². The molecule has 0 spiro atoms. The third kappa shape index (κ3) is 4.14. The van der Waals surface area contributed by atoms with Crippen molar-refractivity contribution in [3.8, 4) is 6.07 Å². The average molecular weight is 274 g/mol. The van der Waals surface area contributed by atoms with E-state index in [0.29, 0.717) is 11.3 Å². The largest absolute Gasteiger partial charge is 0.393 e. The van der Waals surface area contributed by atoms with Crippen LogP contribution < -0.4 is 16.2 Å². The first-order valence-corrected chi connectivity index (χ1v) is 6.68. The standard InChI is InChI=1S/C14H18N4O2/c15-9-10-2-1-3-12(8-10)17-18-14(20)16-11-4-6-13(19)7-5-11/h1-3,8,11,13,17,19H,4-7H2,(H2,16,18,20). The summed E-state index contributed by atoms with van der Waals surface area (Å²) in [5.41, 5.74) is 6.47. The molecule has 0 saturated heterocycles. The molecule has 2 rings (SSSR count). The van der Waals surface area contributed by atoms with E-state index in [1.165, 1.54) is 0 Å². The third-order valence-electron chi connectivity index (χ3n) is 3.34. The summed E-state index contributed by atoms with van der Waals surface area (Å²) in [4.78, 5) is 11.7. The fourth-order valence-electron chi connectivity index (χ4n) is 2.24. The number of anilines is 1. The minimum absolute atomic E-state index is 0.102. The van der Waals surface area contributed by atoms with Gasteiger partial charge in [-0.15, -0.1) is 0 Å². The topological polar surface area (TPSA) is 97.2 Å². The Hall–Kier alpha value is -2.26. The van der Waals surface area contributed by atoms with Crippen LogP contribution in [0, 0.1) is 11.3 Å². The van der Waals surface area contributed by atoms with Crippen LogP contribution in [0.3, 0.4) is 0 Å². The van der Waals surface area contributed by atoms with E-state index >= 15 is 0 Å². The molecule has 1 aromatic rings. The van der Waals surface area contributed by atoms with Crippen LogP contribution in [0.15, 0.2) is 24.3 Å². The summed E-state index contributed by atoms with van der Waals surface area (Å²) in [7, 11) is 0. The zero-order valence-corrected chi connectivity index (χ0v) is 11.1. The van der Waals surface area contributed by atoms with Gasteiger partial charge in [0, 0.05) is 6.04 Å². The number of nitriles is 1. The molecular formula is C14H18N4O2. The van der Waals surface area contributed by atoms with Crippen molar-refractivity contribution in [2.24, 2.45) is 0 Å². The maximum absolute atomic E-state index is 11.7. The number of carbonyl (C=O) groups is 1. The Kier molecular flexibility index (Phi) is 4.80. The highest BCUT2D eigenvalue weighted by Crippen LogP contribution is 2.18. The van der Waals surface area contributed by atoms with Crippen molar-refractivity contribution in [3.05, 3.63) is 29.8 Å². The van der Waals surface area contributed by atoms with Gasteiger partial charge in [-0.1, -0.05) is 6.07 Å². The summed E-state index contributed by atoms with van der Waals surface area (Å²) >= 11 is 0. The molecular weight excluding hydrogens is 256 g/mol. The van der Waals surface area contributed by atoms with Gasteiger partial charge in [0.25, 0.3) is 0 Å². The maximum Gasteiger partial charge on any atom is 0.333 e. The second-order valence-electron chi connectivity index (χ2n) is 4.92. The van der Waals surface area contributed by atoms with Crippen molar-refractivity contribution in [1.29, 1.82) is 5.26 Å². The van der Waals surface area contributed by atoms with Crippen LogP contribution >= 0.6 is 0 Å². The predicted octanol–water partition coefficient (Wildman–Crippen LogP) is 1.49. The molecule has 106 valence electrons. The molecule has 0 radical (unpaired) electrons. The molecule has 4 N–H and O–H groups in total. The Morgan fingerprint density at radius 1 is 1.30 bits per heavy atom. The van der Waals surface area contributed by atoms with Gasteiger partial charge in [-0.3, -0.25) is 10.9 Å². The lowest BCUT2D eigenvalue weighted by atomic mass is 9.93. The van der Waals surface area contributed by atoms with Gasteiger partial charge in [0.1, 0.15) is 0 Å². The molecule has 1 aromatic carbocycles. The van der Waals surface area contributed by atoms with Crippen LogP contribution in [0.2, 0.25) is 0 Å². The first kappa shape index (κ1) is 14.2. The van der Waals surface area contributed by atoms with E-state index in [-0.39, 0.29) is 18.2 Å². The highest BCUT2D eigenvalue weighted by molar-refractivity contribution is 5.75. The molecule has 0 unspecified atom stereocenters. The number of nitrogens with zero attached hydrogens (tertiary/aromatic N) is 1. The van der Waals surface area contributed by atoms with Gasteiger partial charge in [-0.25, -0.2) is 4.79 Å². The van der Waals surface area contributed by atoms with E-state index in [0.717, 1.165) is 25.7 Å². The van der Waals surface area contributed by atoms with E-state index in [9.17, 15) is 9.90 Å². The summed E-state index contributed by atoms with van der Waals surface area (Å²) in [6.07, 6.45) is 2.80. The Morgan fingerprint density at radius 2 is 2.05 bits per heavy atom. The molecule has 0 heterocycles. The monoisotopic (exact) mass is 274 g/mol. The first-order valence-electron chi connectivity index (χ1n) is 6.68. The number of urea groups is 1. The van der Waals surface area contributed by atoms with Crippen LogP contribution in [0.1, 0.15) is 31.2 Å². The highest BCUT2D eigenvalue weighted by atomic mass is 16.3. The molecule has 0 atom stereocenters. The van der Waals surface area contributed by atoms with Crippen LogP contribution in [0.5, 0.6) is 0 Å². The van der Waals surface area contributed by atoms with E-state index in [2.05, 4.69) is 16.2 Å². The van der Waals surface area contributed by atoms with Gasteiger partial charge >= 0.3 is 6.03 Å². The summed E-state index contributed by atoms with van der Waals surface area (Å²) < 4.78 is 0. The Balaban J connectivity index is 1.76. The molecule has 6 heteroatoms. The Labute approximate surface area is 117 Å². The summed E-state index contributed by atoms with van der Waals surface area (Å²) in [5, 5.41) is 21.0. The lowest BCUT2D eigenvalue weighted by Crippen LogP contribution is -2.46. The van der Waals surface area contributed by atoms with Crippen molar-refractivity contribution in [3.63, 3.8) is 0 Å². The van der Waals surface area contributed by atoms with Crippen molar-refractivity contribution < 1.29 is 9.90 Å². The maximum atomic E-state index is 11.7. The van der Waals surface area contributed by atoms with Crippen molar-refractivity contribution in [2.45, 2.75) is 37.8 Å². The minimum atomic E-state index is -0.311. The van der Waals surface area contributed by atoms with Crippen LogP contribution in [-0.2, 0) is 0 Å². The van der Waals surface area contributed by atoms with Gasteiger partial charge in [-0.2, -0.15) is 5.26 Å². The second-order valence-corrected chi connectivity index (χ2v) is 4.92. The number of hydrogen-bond acceptors (Lipinski definition) is 4. The average Bonchev–Trinajstić information content (AvgIpc) is 2.48. The fraction of sp³-hybridized carbons (Fsp3) is 0.429. The van der Waals surface area contributed by atoms with Gasteiger partial charge < -0.3 is 10.4 Å². The van der Waals surface area contributed by atoms with Gasteiger partial charge in [0.2, 0.25) is 0 Å². The number of hydrogen-bond donors (Lipinski definition) is 4. The van der Waals surface area contributed by atoms with E-state index in [1.54, 1.807) is 24.3 Å². The molecule has 1 saturated carbocycles. The summed E-state index contributed by atoms with van der Waals surface area (Å²) in [6.45, 7) is 0. The number of carbonyl (C=O) groups excluding carboxylic acids is 1. The number of benzene rings is 1. The van der Waals surface area contributed by atoms with E-state index in [1.807, 2.05) is 6.07 Å². The zero-order valence-electron chi connectivity index (χ0n) is 11.1. The predicted molar refractivity (Wildman–Crippen MR) is 74.7 cm³/mol. The van der Waals surface area contributed by atoms with Crippen LogP contribution in [0.4, 0.5) is 10.5 Å². The third-order valence-corrected chi connectivity index (χ3v) is 3.34. The van der Waals surface area contributed by atoms with Crippen molar-refractivity contribution in [2.75, 3.05) is 5.43 Å². The molecule has 20 heavy (non-hydrogen) atoms. The number of aliphatic hydroxyl groups is 1. The molecule has 1 fully saturated rings. The zero-order chi connectivity index (χ0) is 14.4. The van der Waals surface area contributed by atoms with Crippen molar-refractivity contribution in [1.82, 2.24) is 10.7 Å². The quantitative estimate of drug-likeness (QED) is 0.628. The Morgan fingerprint density at radius 3 is 2.75 bits per heavy atom. The second kappa shape index (κ2) is 6.78. The molecule has 1 aliphatic rings. The number of rotatable bonds is 3. The van der Waals surface area contributed by atoms with Gasteiger partial charge in [0.05, 0.1) is 23.4 Å². The number of amides is 2. The molecule has 0 aromatic heterocycles. The fourth-order valence-corrected chi connectivity index (χ4v) is 2.24. The van der Waals surface area contributed by atoms with Crippen molar-refractivity contribution >= 4 is 11.7 Å². The minimum Gasteiger partial charge on any atom is -0.393 e. The molecule has 0 bridgehead atoms. The summed E-state index contributed by atoms with van der Waals surface area (Å²) in [5.74, 6) is 0. The molecule has 0 aliphatic heterocycles. The highest BCUT2D eigenvalue weighted by Gasteiger charge is 2.20. The number of nitrogens with one attached hydrogen (secondary N) is 3. The lowest BCUT2D eigenvalue weighted by molar-refractivity contribution is 0.118. The molecule has 2 amide bonds. The number of aliphatic hydroxyl groups excluding tert-OH is 1. The summed E-state index contributed by atoms with van der Waals surface area (Å²) in [6, 6.07) is 8.67. The van der Waals surface area contributed by atoms with E-state index < -0.39 is 0 Å². The first-order chi connectivity index (χ1) is 9.67. The molecule has 6 nitrogen and oxygen atoms in total. The molecule has 1 aliphatic carbocycles. The normalized spacial score (nSPS) is 21.6. The lowest BCUT2D eigenvalue weighted by Gasteiger charge is -2.26. The SMILES string of the molecule is N#Cc1cccc(NNC(=O)NC2CCC(O)CC2)c1. The van der Waals surface area contributed by atoms with Crippen LogP contribution in [0.25, 0.3) is 0 Å². The number of hydrazine groups is 1. The van der Waals surface area contributed by atoms with E-state index in [4.69, 9.17) is 5.26 Å². The van der Waals surface area contributed by atoms with Gasteiger partial charge in [-0.05, 0) is 43.9 Å². The Bertz CT molecular complexity index is 504.